The summed E-state index contributed by atoms with van der Waals surface area (Å²) in [6.45, 7) is 0. The second kappa shape index (κ2) is 4.08. The quantitative estimate of drug-likeness (QED) is 0.416. The van der Waals surface area contributed by atoms with Gasteiger partial charge in [0.25, 0.3) is 5.91 Å². The molecule has 0 unspecified atom stereocenters. The highest BCUT2D eigenvalue weighted by atomic mass is 32.1. The molecular formula is C7H6FNO2S. The average molecular weight is 187 g/mol. The summed E-state index contributed by atoms with van der Waals surface area (Å²) in [5, 5.41) is 0. The van der Waals surface area contributed by atoms with Crippen LogP contribution in [0.5, 0.6) is 0 Å². The molecule has 0 spiro atoms. The van der Waals surface area contributed by atoms with Crippen molar-refractivity contribution in [3.8, 4) is 0 Å². The number of nitrogens with one attached hydrogen (secondary N) is 1. The molecule has 0 saturated heterocycles. The Kier molecular flexibility index (Phi) is 3.07. The number of rotatable bonds is 2. The number of carbonyl (C=O) groups excluding carboxylic acids is 1. The van der Waals surface area contributed by atoms with Crippen LogP contribution in [0, 0.1) is 5.82 Å². The largest absolute Gasteiger partial charge is 0.278 e. The Labute approximate surface area is 74.1 Å². The van der Waals surface area contributed by atoms with E-state index in [-0.39, 0.29) is 5.56 Å². The minimum atomic E-state index is -0.664. The van der Waals surface area contributed by atoms with Crippen LogP contribution >= 0.6 is 12.9 Å². The van der Waals surface area contributed by atoms with E-state index in [0.717, 1.165) is 0 Å². The lowest BCUT2D eigenvalue weighted by Crippen LogP contribution is -2.21. The smallest absolute Gasteiger partial charge is 0.267 e. The van der Waals surface area contributed by atoms with Gasteiger partial charge in [0.2, 0.25) is 0 Å². The van der Waals surface area contributed by atoms with E-state index in [1.807, 2.05) is 5.48 Å². The zero-order valence-electron chi connectivity index (χ0n) is 5.95. The van der Waals surface area contributed by atoms with Crippen LogP contribution in [-0.2, 0) is 4.28 Å². The molecule has 5 heteroatoms. The first kappa shape index (κ1) is 9.02. The number of amides is 1. The first-order valence-electron chi connectivity index (χ1n) is 3.11. The highest BCUT2D eigenvalue weighted by molar-refractivity contribution is 7.75. The van der Waals surface area contributed by atoms with Crippen molar-refractivity contribution in [1.29, 1.82) is 0 Å². The van der Waals surface area contributed by atoms with Crippen molar-refractivity contribution in [2.24, 2.45) is 0 Å². The van der Waals surface area contributed by atoms with Crippen LogP contribution < -0.4 is 5.48 Å². The molecule has 0 aliphatic rings. The zero-order valence-corrected chi connectivity index (χ0v) is 6.85. The summed E-state index contributed by atoms with van der Waals surface area (Å²) in [5.74, 6) is -1.26. The maximum absolute atomic E-state index is 12.8. The van der Waals surface area contributed by atoms with E-state index < -0.39 is 11.7 Å². The number of benzene rings is 1. The summed E-state index contributed by atoms with van der Waals surface area (Å²) in [4.78, 5) is 10.9. The normalized spacial score (nSPS) is 9.50. The lowest BCUT2D eigenvalue weighted by Gasteiger charge is -2.00. The van der Waals surface area contributed by atoms with Crippen LogP contribution in [-0.4, -0.2) is 5.91 Å². The average Bonchev–Trinajstić information content (AvgIpc) is 2.05. The van der Waals surface area contributed by atoms with Crippen LogP contribution in [0.1, 0.15) is 10.4 Å². The number of carbonyl (C=O) groups is 1. The number of hydrogen-bond donors (Lipinski definition) is 2. The molecule has 1 N–H and O–H groups in total. The monoisotopic (exact) mass is 187 g/mol. The van der Waals surface area contributed by atoms with Crippen molar-refractivity contribution in [2.45, 2.75) is 0 Å². The fraction of sp³-hybridized carbons (Fsp3) is 0. The highest BCUT2D eigenvalue weighted by Gasteiger charge is 2.09. The number of thiol groups is 1. The molecule has 0 aliphatic carbocycles. The van der Waals surface area contributed by atoms with Crippen molar-refractivity contribution in [2.75, 3.05) is 0 Å². The minimum Gasteiger partial charge on any atom is -0.267 e. The summed E-state index contributed by atoms with van der Waals surface area (Å²) in [7, 11) is 0. The van der Waals surface area contributed by atoms with Gasteiger partial charge in [0.05, 0.1) is 5.56 Å². The van der Waals surface area contributed by atoms with Crippen LogP contribution in [0.15, 0.2) is 24.3 Å². The maximum atomic E-state index is 12.8. The third kappa shape index (κ3) is 1.96. The van der Waals surface area contributed by atoms with Gasteiger partial charge in [-0.2, -0.15) is 0 Å². The van der Waals surface area contributed by atoms with Crippen LogP contribution in [0.2, 0.25) is 0 Å². The van der Waals surface area contributed by atoms with Gasteiger partial charge in [-0.15, -0.1) is 0 Å². The third-order valence-electron chi connectivity index (χ3n) is 1.26. The van der Waals surface area contributed by atoms with Gasteiger partial charge in [0.15, 0.2) is 0 Å². The zero-order chi connectivity index (χ0) is 8.97. The van der Waals surface area contributed by atoms with Crippen LogP contribution in [0.3, 0.4) is 0 Å². The summed E-state index contributed by atoms with van der Waals surface area (Å²) in [5.41, 5.74) is 1.81. The number of halogens is 1. The molecule has 1 aromatic carbocycles. The highest BCUT2D eigenvalue weighted by Crippen LogP contribution is 2.05. The van der Waals surface area contributed by atoms with Crippen molar-refractivity contribution >= 4 is 18.8 Å². The third-order valence-corrected chi connectivity index (χ3v) is 1.35. The summed E-state index contributed by atoms with van der Waals surface area (Å²) in [6, 6.07) is 5.58. The molecule has 0 heterocycles. The molecule has 0 fully saturated rings. The van der Waals surface area contributed by atoms with E-state index >= 15 is 0 Å². The van der Waals surface area contributed by atoms with Crippen molar-refractivity contribution in [1.82, 2.24) is 5.48 Å². The van der Waals surface area contributed by atoms with Gasteiger partial charge in [0.1, 0.15) is 5.82 Å². The summed E-state index contributed by atoms with van der Waals surface area (Å²) >= 11 is 3.29. The van der Waals surface area contributed by atoms with Gasteiger partial charge in [-0.25, -0.2) is 14.2 Å². The van der Waals surface area contributed by atoms with E-state index in [0.29, 0.717) is 0 Å². The van der Waals surface area contributed by atoms with Crippen molar-refractivity contribution in [3.05, 3.63) is 35.6 Å². The molecule has 0 saturated carbocycles. The Balaban J connectivity index is 2.87. The predicted octanol–water partition coefficient (Wildman–Crippen LogP) is 1.33. The Morgan fingerprint density at radius 3 is 2.75 bits per heavy atom. The van der Waals surface area contributed by atoms with Crippen LogP contribution in [0.25, 0.3) is 0 Å². The fourth-order valence-electron chi connectivity index (χ4n) is 0.742. The van der Waals surface area contributed by atoms with E-state index in [1.54, 1.807) is 6.07 Å². The molecule has 1 rings (SSSR count). The molecule has 3 nitrogen and oxygen atoms in total. The Hall–Kier alpha value is -1.07. The Morgan fingerprint density at radius 2 is 2.17 bits per heavy atom. The molecule has 0 aromatic heterocycles. The molecule has 0 atom stereocenters. The molecule has 64 valence electrons. The standard InChI is InChI=1S/C7H6FNO2S/c8-6-4-2-1-3-5(6)7(10)9-11-12/h1-4,12H,(H,9,10). The van der Waals surface area contributed by atoms with E-state index in [1.165, 1.54) is 18.2 Å². The molecule has 0 radical (unpaired) electrons. The van der Waals surface area contributed by atoms with Gasteiger partial charge in [-0.1, -0.05) is 12.1 Å². The minimum absolute atomic E-state index is 0.0773. The first-order chi connectivity index (χ1) is 5.75. The first-order valence-corrected chi connectivity index (χ1v) is 3.47. The molecule has 0 bridgehead atoms. The fourth-order valence-corrected chi connectivity index (χ4v) is 0.825. The predicted molar refractivity (Wildman–Crippen MR) is 43.9 cm³/mol. The lowest BCUT2D eigenvalue weighted by molar-refractivity contribution is 0.0798. The van der Waals surface area contributed by atoms with Gasteiger partial charge in [-0.3, -0.25) is 4.79 Å². The Morgan fingerprint density at radius 1 is 1.50 bits per heavy atom. The molecule has 1 amide bonds. The SMILES string of the molecule is O=C(NOS)c1ccccc1F. The molecule has 1 aromatic rings. The van der Waals surface area contributed by atoms with Gasteiger partial charge >= 0.3 is 0 Å². The van der Waals surface area contributed by atoms with Gasteiger partial charge < -0.3 is 0 Å². The van der Waals surface area contributed by atoms with Gasteiger partial charge in [-0.05, 0) is 12.1 Å². The summed E-state index contributed by atoms with van der Waals surface area (Å²) < 4.78 is 16.9. The number of hydroxylamine groups is 1. The van der Waals surface area contributed by atoms with Gasteiger partial charge in [0, 0.05) is 12.9 Å². The topological polar surface area (TPSA) is 38.3 Å². The molecule has 0 aliphatic heterocycles. The second-order valence-electron chi connectivity index (χ2n) is 2.00. The molecular weight excluding hydrogens is 181 g/mol. The van der Waals surface area contributed by atoms with Crippen molar-refractivity contribution in [3.63, 3.8) is 0 Å². The Bertz CT molecular complexity index is 292. The molecule has 12 heavy (non-hydrogen) atoms. The maximum Gasteiger partial charge on any atom is 0.278 e. The van der Waals surface area contributed by atoms with Crippen LogP contribution in [0.4, 0.5) is 4.39 Å². The van der Waals surface area contributed by atoms with E-state index in [4.69, 9.17) is 0 Å². The number of hydrogen-bond acceptors (Lipinski definition) is 3. The van der Waals surface area contributed by atoms with E-state index in [2.05, 4.69) is 17.2 Å². The van der Waals surface area contributed by atoms with E-state index in [9.17, 15) is 9.18 Å². The lowest BCUT2D eigenvalue weighted by atomic mass is 10.2. The summed E-state index contributed by atoms with van der Waals surface area (Å²) in [6.07, 6.45) is 0. The van der Waals surface area contributed by atoms with Crippen molar-refractivity contribution < 1.29 is 13.5 Å². The second-order valence-corrected chi connectivity index (χ2v) is 2.18.